The van der Waals surface area contributed by atoms with Crippen LogP contribution in [0, 0.1) is 6.92 Å². The summed E-state index contributed by atoms with van der Waals surface area (Å²) in [7, 11) is 1.56. The molecule has 1 aromatic heterocycles. The number of ether oxygens (including phenoxy) is 2. The second-order valence-corrected chi connectivity index (χ2v) is 3.98. The van der Waals surface area contributed by atoms with Gasteiger partial charge >= 0.3 is 5.97 Å². The number of methoxy groups -OCH3 is 1. The van der Waals surface area contributed by atoms with Gasteiger partial charge in [0.15, 0.2) is 0 Å². The van der Waals surface area contributed by atoms with E-state index >= 15 is 0 Å². The Morgan fingerprint density at radius 2 is 2.11 bits per heavy atom. The third-order valence-electron chi connectivity index (χ3n) is 2.62. The number of hydrogen-bond acceptors (Lipinski definition) is 4. The molecule has 0 N–H and O–H groups in total. The molecule has 18 heavy (non-hydrogen) atoms. The minimum absolute atomic E-state index is 0.348. The monoisotopic (exact) mass is 245 g/mol. The minimum Gasteiger partial charge on any atom is -0.494 e. The Labute approximate surface area is 106 Å². The van der Waals surface area contributed by atoms with E-state index in [0.717, 1.165) is 16.5 Å². The van der Waals surface area contributed by atoms with Gasteiger partial charge in [0.25, 0.3) is 0 Å². The van der Waals surface area contributed by atoms with Crippen molar-refractivity contribution in [2.45, 2.75) is 13.8 Å². The van der Waals surface area contributed by atoms with Gasteiger partial charge in [-0.2, -0.15) is 0 Å². The van der Waals surface area contributed by atoms with E-state index < -0.39 is 0 Å². The van der Waals surface area contributed by atoms with Gasteiger partial charge in [-0.05, 0) is 37.6 Å². The van der Waals surface area contributed by atoms with Gasteiger partial charge in [-0.15, -0.1) is 0 Å². The second-order valence-electron chi connectivity index (χ2n) is 3.98. The summed E-state index contributed by atoms with van der Waals surface area (Å²) in [6, 6.07) is 5.39. The van der Waals surface area contributed by atoms with Crippen molar-refractivity contribution in [2.75, 3.05) is 13.7 Å². The lowest BCUT2D eigenvalue weighted by Crippen LogP contribution is -2.05. The van der Waals surface area contributed by atoms with Crippen LogP contribution >= 0.6 is 0 Å². The number of fused-ring (bicyclic) bond motifs is 1. The molecule has 0 bridgehead atoms. The fraction of sp³-hybridized carbons (Fsp3) is 0.286. The van der Waals surface area contributed by atoms with Crippen molar-refractivity contribution in [3.8, 4) is 5.75 Å². The van der Waals surface area contributed by atoms with Crippen LogP contribution in [0.15, 0.2) is 24.4 Å². The molecule has 4 heteroatoms. The van der Waals surface area contributed by atoms with E-state index in [1.807, 2.05) is 13.0 Å². The first-order valence-electron chi connectivity index (χ1n) is 5.77. The van der Waals surface area contributed by atoms with Gasteiger partial charge in [-0.25, -0.2) is 4.79 Å². The molecule has 2 rings (SSSR count). The molecule has 0 amide bonds. The van der Waals surface area contributed by atoms with Gasteiger partial charge in [0, 0.05) is 11.6 Å². The molecule has 0 aliphatic heterocycles. The number of carbonyl (C=O) groups is 1. The molecule has 1 aromatic carbocycles. The Balaban J connectivity index is 2.60. The van der Waals surface area contributed by atoms with Crippen LogP contribution in [0.4, 0.5) is 0 Å². The fourth-order valence-electron chi connectivity index (χ4n) is 1.81. The molecule has 0 radical (unpaired) electrons. The Morgan fingerprint density at radius 1 is 1.33 bits per heavy atom. The number of aromatic nitrogens is 1. The van der Waals surface area contributed by atoms with Crippen LogP contribution < -0.4 is 4.74 Å². The van der Waals surface area contributed by atoms with Gasteiger partial charge in [0.2, 0.25) is 0 Å². The smallest absolute Gasteiger partial charge is 0.338 e. The average molecular weight is 245 g/mol. The standard InChI is InChI=1S/C14H15NO3/c1-4-18-14(16)11-6-10-5-9(2)8-15-13(10)12(7-11)17-3/h5-8H,4H2,1-3H3. The summed E-state index contributed by atoms with van der Waals surface area (Å²) < 4.78 is 10.3. The van der Waals surface area contributed by atoms with Gasteiger partial charge in [0.05, 0.1) is 19.3 Å². The third-order valence-corrected chi connectivity index (χ3v) is 2.62. The molecular weight excluding hydrogens is 230 g/mol. The average Bonchev–Trinajstić information content (AvgIpc) is 2.37. The predicted octanol–water partition coefficient (Wildman–Crippen LogP) is 2.73. The molecule has 0 aliphatic carbocycles. The molecule has 1 heterocycles. The van der Waals surface area contributed by atoms with Crippen LogP contribution in [0.3, 0.4) is 0 Å². The topological polar surface area (TPSA) is 48.4 Å². The normalized spacial score (nSPS) is 10.4. The maximum atomic E-state index is 11.7. The molecule has 0 spiro atoms. The van der Waals surface area contributed by atoms with Gasteiger partial charge in [0.1, 0.15) is 11.3 Å². The van der Waals surface area contributed by atoms with Gasteiger partial charge < -0.3 is 9.47 Å². The Kier molecular flexibility index (Phi) is 3.46. The van der Waals surface area contributed by atoms with Gasteiger partial charge in [-0.1, -0.05) is 0 Å². The van der Waals surface area contributed by atoms with Crippen molar-refractivity contribution in [1.29, 1.82) is 0 Å². The zero-order chi connectivity index (χ0) is 13.1. The van der Waals surface area contributed by atoms with Crippen molar-refractivity contribution in [3.63, 3.8) is 0 Å². The van der Waals surface area contributed by atoms with Crippen molar-refractivity contribution < 1.29 is 14.3 Å². The maximum absolute atomic E-state index is 11.7. The molecular formula is C14H15NO3. The SMILES string of the molecule is CCOC(=O)c1cc(OC)c2ncc(C)cc2c1. The van der Waals surface area contributed by atoms with Crippen LogP contribution in [0.25, 0.3) is 10.9 Å². The second kappa shape index (κ2) is 5.04. The summed E-state index contributed by atoms with van der Waals surface area (Å²) in [5, 5.41) is 0.873. The molecule has 0 fully saturated rings. The highest BCUT2D eigenvalue weighted by Gasteiger charge is 2.12. The molecule has 94 valence electrons. The summed E-state index contributed by atoms with van der Waals surface area (Å²) in [5.74, 6) is 0.231. The zero-order valence-electron chi connectivity index (χ0n) is 10.7. The van der Waals surface area contributed by atoms with E-state index in [1.165, 1.54) is 0 Å². The third kappa shape index (κ3) is 2.27. The number of benzene rings is 1. The molecule has 0 unspecified atom stereocenters. The van der Waals surface area contributed by atoms with Crippen molar-refractivity contribution >= 4 is 16.9 Å². The highest BCUT2D eigenvalue weighted by Crippen LogP contribution is 2.26. The highest BCUT2D eigenvalue weighted by atomic mass is 16.5. The van der Waals surface area contributed by atoms with E-state index in [1.54, 1.807) is 32.4 Å². The van der Waals surface area contributed by atoms with E-state index in [-0.39, 0.29) is 5.97 Å². The molecule has 4 nitrogen and oxygen atoms in total. The lowest BCUT2D eigenvalue weighted by Gasteiger charge is -2.08. The van der Waals surface area contributed by atoms with E-state index in [9.17, 15) is 4.79 Å². The van der Waals surface area contributed by atoms with Crippen LogP contribution in [-0.2, 0) is 4.74 Å². The first-order chi connectivity index (χ1) is 8.65. The number of rotatable bonds is 3. The Morgan fingerprint density at radius 3 is 2.78 bits per heavy atom. The first kappa shape index (κ1) is 12.4. The molecule has 0 aliphatic rings. The van der Waals surface area contributed by atoms with Crippen molar-refractivity contribution in [2.24, 2.45) is 0 Å². The zero-order valence-corrected chi connectivity index (χ0v) is 10.7. The van der Waals surface area contributed by atoms with E-state index in [2.05, 4.69) is 4.98 Å². The van der Waals surface area contributed by atoms with Crippen molar-refractivity contribution in [3.05, 3.63) is 35.5 Å². The van der Waals surface area contributed by atoms with Crippen molar-refractivity contribution in [1.82, 2.24) is 4.98 Å². The molecule has 0 atom stereocenters. The largest absolute Gasteiger partial charge is 0.494 e. The minimum atomic E-state index is -0.348. The summed E-state index contributed by atoms with van der Waals surface area (Å²) in [6.45, 7) is 4.09. The summed E-state index contributed by atoms with van der Waals surface area (Å²) in [5.41, 5.74) is 2.26. The van der Waals surface area contributed by atoms with Crippen LogP contribution in [0.1, 0.15) is 22.8 Å². The lowest BCUT2D eigenvalue weighted by atomic mass is 10.1. The summed E-state index contributed by atoms with van der Waals surface area (Å²) in [4.78, 5) is 16.1. The lowest BCUT2D eigenvalue weighted by molar-refractivity contribution is 0.0526. The Hall–Kier alpha value is -2.10. The van der Waals surface area contributed by atoms with Crippen LogP contribution in [-0.4, -0.2) is 24.7 Å². The fourth-order valence-corrected chi connectivity index (χ4v) is 1.81. The number of aryl methyl sites for hydroxylation is 1. The number of carbonyl (C=O) groups excluding carboxylic acids is 1. The summed E-state index contributed by atoms with van der Waals surface area (Å²) in [6.07, 6.45) is 1.77. The van der Waals surface area contributed by atoms with E-state index in [4.69, 9.17) is 9.47 Å². The Bertz CT molecular complexity index is 593. The highest BCUT2D eigenvalue weighted by molar-refractivity contribution is 5.97. The number of hydrogen-bond donors (Lipinski definition) is 0. The number of nitrogens with zero attached hydrogens (tertiary/aromatic N) is 1. The quantitative estimate of drug-likeness (QED) is 0.780. The summed E-state index contributed by atoms with van der Waals surface area (Å²) >= 11 is 0. The molecule has 0 saturated heterocycles. The number of esters is 1. The predicted molar refractivity (Wildman–Crippen MR) is 69.0 cm³/mol. The first-order valence-corrected chi connectivity index (χ1v) is 5.77. The van der Waals surface area contributed by atoms with Crippen LogP contribution in [0.5, 0.6) is 5.75 Å². The maximum Gasteiger partial charge on any atom is 0.338 e. The van der Waals surface area contributed by atoms with Crippen LogP contribution in [0.2, 0.25) is 0 Å². The molecule has 0 saturated carbocycles. The van der Waals surface area contributed by atoms with E-state index in [0.29, 0.717) is 17.9 Å². The van der Waals surface area contributed by atoms with Gasteiger partial charge in [-0.3, -0.25) is 4.98 Å². The molecule has 2 aromatic rings. The number of pyridine rings is 1.